The first-order valence-corrected chi connectivity index (χ1v) is 8.49. The van der Waals surface area contributed by atoms with Crippen LogP contribution in [0.4, 0.5) is 8.78 Å². The smallest absolute Gasteiger partial charge is 0.387 e. The molecule has 0 aliphatic carbocycles. The third-order valence-corrected chi connectivity index (χ3v) is 3.87. The number of hydrogen-bond donors (Lipinski definition) is 0. The number of alkyl halides is 2. The van der Waals surface area contributed by atoms with E-state index in [0.29, 0.717) is 22.4 Å². The van der Waals surface area contributed by atoms with Gasteiger partial charge in [0, 0.05) is 17.2 Å². The number of hydrogen-bond acceptors (Lipinski definition) is 6. The highest BCUT2D eigenvalue weighted by Crippen LogP contribution is 2.30. The van der Waals surface area contributed by atoms with Crippen LogP contribution in [-0.2, 0) is 16.1 Å². The van der Waals surface area contributed by atoms with Gasteiger partial charge < -0.3 is 18.9 Å². The van der Waals surface area contributed by atoms with Gasteiger partial charge in [-0.1, -0.05) is 6.07 Å². The summed E-state index contributed by atoms with van der Waals surface area (Å²) in [6.07, 6.45) is 2.63. The number of carbonyl (C=O) groups excluding carboxylic acids is 2. The molecule has 2 rings (SSSR count). The lowest BCUT2D eigenvalue weighted by atomic mass is 10.1. The van der Waals surface area contributed by atoms with E-state index in [4.69, 9.17) is 14.2 Å². The van der Waals surface area contributed by atoms with E-state index in [1.54, 1.807) is 18.2 Å². The van der Waals surface area contributed by atoms with Crippen LogP contribution in [0.5, 0.6) is 17.2 Å². The summed E-state index contributed by atoms with van der Waals surface area (Å²) in [6, 6.07) is 9.11. The predicted octanol–water partition coefficient (Wildman–Crippen LogP) is 4.26. The van der Waals surface area contributed by atoms with Crippen molar-refractivity contribution in [3.8, 4) is 17.2 Å². The Hall–Kier alpha value is -3.42. The van der Waals surface area contributed by atoms with Gasteiger partial charge >= 0.3 is 12.6 Å². The maximum Gasteiger partial charge on any atom is 0.387 e. The summed E-state index contributed by atoms with van der Waals surface area (Å²) >= 11 is 0. The Labute approximate surface area is 166 Å². The summed E-state index contributed by atoms with van der Waals surface area (Å²) in [5.74, 6) is -0.266. The fourth-order valence-corrected chi connectivity index (χ4v) is 2.45. The Morgan fingerprint density at radius 3 is 2.31 bits per heavy atom. The summed E-state index contributed by atoms with van der Waals surface area (Å²) in [4.78, 5) is 23.5. The quantitative estimate of drug-likeness (QED) is 0.352. The van der Waals surface area contributed by atoms with Crippen LogP contribution in [0.2, 0.25) is 0 Å². The van der Waals surface area contributed by atoms with Crippen LogP contribution in [0.25, 0.3) is 6.08 Å². The van der Waals surface area contributed by atoms with Crippen molar-refractivity contribution in [2.45, 2.75) is 20.1 Å². The van der Waals surface area contributed by atoms with Gasteiger partial charge in [-0.2, -0.15) is 8.78 Å². The van der Waals surface area contributed by atoms with Gasteiger partial charge in [-0.05, 0) is 48.9 Å². The molecule has 0 radical (unpaired) electrons. The SMILES string of the molecule is COc1ccc(C(C)=O)cc1COC(=O)C=Cc1ccc(OC(F)F)c(OC)c1. The van der Waals surface area contributed by atoms with Crippen LogP contribution in [0.15, 0.2) is 42.5 Å². The molecule has 6 nitrogen and oxygen atoms in total. The van der Waals surface area contributed by atoms with Crippen molar-refractivity contribution in [3.63, 3.8) is 0 Å². The van der Waals surface area contributed by atoms with Crippen molar-refractivity contribution < 1.29 is 37.3 Å². The maximum atomic E-state index is 12.4. The van der Waals surface area contributed by atoms with Crippen LogP contribution in [0.1, 0.15) is 28.4 Å². The molecule has 0 fully saturated rings. The van der Waals surface area contributed by atoms with E-state index >= 15 is 0 Å². The molecule has 0 bridgehead atoms. The van der Waals surface area contributed by atoms with Crippen molar-refractivity contribution in [3.05, 3.63) is 59.2 Å². The lowest BCUT2D eigenvalue weighted by Crippen LogP contribution is -2.04. The second-order valence-electron chi connectivity index (χ2n) is 5.81. The Kier molecular flexibility index (Phi) is 7.70. The van der Waals surface area contributed by atoms with E-state index in [0.717, 1.165) is 0 Å². The number of rotatable bonds is 9. The van der Waals surface area contributed by atoms with Crippen molar-refractivity contribution >= 4 is 17.8 Å². The number of benzene rings is 2. The Morgan fingerprint density at radius 1 is 1.00 bits per heavy atom. The number of halogens is 2. The van der Waals surface area contributed by atoms with Gasteiger partial charge in [0.15, 0.2) is 17.3 Å². The number of methoxy groups -OCH3 is 2. The molecule has 0 saturated heterocycles. The molecule has 0 aliphatic heterocycles. The highest BCUT2D eigenvalue weighted by atomic mass is 19.3. The zero-order valence-electron chi connectivity index (χ0n) is 16.1. The van der Waals surface area contributed by atoms with Crippen molar-refractivity contribution in [1.29, 1.82) is 0 Å². The van der Waals surface area contributed by atoms with Crippen molar-refractivity contribution in [2.24, 2.45) is 0 Å². The number of carbonyl (C=O) groups is 2. The van der Waals surface area contributed by atoms with Crippen molar-refractivity contribution in [2.75, 3.05) is 14.2 Å². The molecule has 29 heavy (non-hydrogen) atoms. The number of Topliss-reactive ketones (excluding diaryl/α,β-unsaturated/α-hetero) is 1. The third-order valence-electron chi connectivity index (χ3n) is 3.87. The molecule has 0 N–H and O–H groups in total. The lowest BCUT2D eigenvalue weighted by molar-refractivity contribution is -0.138. The molecule has 8 heteroatoms. The molecule has 0 unspecified atom stereocenters. The van der Waals surface area contributed by atoms with Crippen LogP contribution in [-0.4, -0.2) is 32.6 Å². The standard InChI is InChI=1S/C21H20F2O6/c1-13(24)15-6-8-17(26-2)16(11-15)12-28-20(25)9-5-14-4-7-18(29-21(22)23)19(10-14)27-3/h4-11,21H,12H2,1-3H3. The monoisotopic (exact) mass is 406 g/mol. The average molecular weight is 406 g/mol. The van der Waals surface area contributed by atoms with Gasteiger partial charge in [-0.15, -0.1) is 0 Å². The first-order valence-electron chi connectivity index (χ1n) is 8.49. The Morgan fingerprint density at radius 2 is 1.69 bits per heavy atom. The molecule has 0 atom stereocenters. The van der Waals surface area contributed by atoms with Gasteiger partial charge in [-0.3, -0.25) is 4.79 Å². The first kappa shape index (κ1) is 21.9. The highest BCUT2D eigenvalue weighted by molar-refractivity contribution is 5.94. The summed E-state index contributed by atoms with van der Waals surface area (Å²) in [5.41, 5.74) is 1.55. The van der Waals surface area contributed by atoms with E-state index in [9.17, 15) is 18.4 Å². The summed E-state index contributed by atoms with van der Waals surface area (Å²) in [6.45, 7) is -1.62. The summed E-state index contributed by atoms with van der Waals surface area (Å²) in [5, 5.41) is 0. The van der Waals surface area contributed by atoms with Gasteiger partial charge in [0.1, 0.15) is 12.4 Å². The molecule has 0 aliphatic rings. The zero-order valence-corrected chi connectivity index (χ0v) is 16.1. The normalized spacial score (nSPS) is 10.8. The lowest BCUT2D eigenvalue weighted by Gasteiger charge is -2.10. The third kappa shape index (κ3) is 6.31. The van der Waals surface area contributed by atoms with E-state index in [-0.39, 0.29) is 23.9 Å². The molecule has 0 heterocycles. The van der Waals surface area contributed by atoms with E-state index < -0.39 is 12.6 Å². The maximum absolute atomic E-state index is 12.4. The highest BCUT2D eigenvalue weighted by Gasteiger charge is 2.11. The Balaban J connectivity index is 2.05. The van der Waals surface area contributed by atoms with Crippen LogP contribution >= 0.6 is 0 Å². The van der Waals surface area contributed by atoms with Crippen molar-refractivity contribution in [1.82, 2.24) is 0 Å². The van der Waals surface area contributed by atoms with Gasteiger partial charge in [0.05, 0.1) is 14.2 Å². The molecule has 0 saturated carbocycles. The second-order valence-corrected chi connectivity index (χ2v) is 5.81. The number of ketones is 1. The number of ether oxygens (including phenoxy) is 4. The van der Waals surface area contributed by atoms with Crippen LogP contribution < -0.4 is 14.2 Å². The van der Waals surface area contributed by atoms with Crippen LogP contribution in [0, 0.1) is 0 Å². The zero-order chi connectivity index (χ0) is 21.4. The minimum atomic E-state index is -2.97. The summed E-state index contributed by atoms with van der Waals surface area (Å²) in [7, 11) is 2.79. The molecule has 0 amide bonds. The fourth-order valence-electron chi connectivity index (χ4n) is 2.45. The molecule has 0 spiro atoms. The van der Waals surface area contributed by atoms with Gasteiger partial charge in [-0.25, -0.2) is 4.79 Å². The molecule has 0 aromatic heterocycles. The average Bonchev–Trinajstić information content (AvgIpc) is 2.70. The second kappa shape index (κ2) is 10.2. The fraction of sp³-hybridized carbons (Fsp3) is 0.238. The largest absolute Gasteiger partial charge is 0.496 e. The van der Waals surface area contributed by atoms with Gasteiger partial charge in [0.2, 0.25) is 0 Å². The molecular weight excluding hydrogens is 386 g/mol. The van der Waals surface area contributed by atoms with E-state index in [2.05, 4.69) is 4.74 Å². The van der Waals surface area contributed by atoms with Gasteiger partial charge in [0.25, 0.3) is 0 Å². The predicted molar refractivity (Wildman–Crippen MR) is 101 cm³/mol. The first-order chi connectivity index (χ1) is 13.8. The minimum absolute atomic E-state index is 0.0854. The molecule has 2 aromatic rings. The minimum Gasteiger partial charge on any atom is -0.496 e. The molecule has 154 valence electrons. The van der Waals surface area contributed by atoms with E-state index in [1.807, 2.05) is 0 Å². The number of esters is 1. The van der Waals surface area contributed by atoms with E-state index in [1.165, 1.54) is 51.5 Å². The molecular formula is C21H20F2O6. The van der Waals surface area contributed by atoms with Crippen LogP contribution in [0.3, 0.4) is 0 Å². The topological polar surface area (TPSA) is 71.1 Å². The Bertz CT molecular complexity index is 908. The molecule has 2 aromatic carbocycles. The summed E-state index contributed by atoms with van der Waals surface area (Å²) < 4.78 is 44.5.